The van der Waals surface area contributed by atoms with Crippen LogP contribution in [0, 0.1) is 12.7 Å². The fourth-order valence-corrected chi connectivity index (χ4v) is 4.49. The van der Waals surface area contributed by atoms with Crippen molar-refractivity contribution in [2.45, 2.75) is 39.0 Å². The first-order valence-corrected chi connectivity index (χ1v) is 12.7. The molecule has 36 heavy (non-hydrogen) atoms. The summed E-state index contributed by atoms with van der Waals surface area (Å²) in [5.41, 5.74) is 1.39. The molecule has 0 saturated carbocycles. The van der Waals surface area contributed by atoms with Crippen molar-refractivity contribution < 1.29 is 23.1 Å². The van der Waals surface area contributed by atoms with E-state index in [1.807, 2.05) is 31.2 Å². The van der Waals surface area contributed by atoms with E-state index in [1.165, 1.54) is 17.0 Å². The number of hydrogen-bond donors (Lipinski definition) is 1. The SMILES string of the molecule is Cc1ccc(CN(Cc2ccc(F)cc2)C(=O)CN(CC2CCCO2)C(=O)Nc2cccc(Br)c2)o1. The van der Waals surface area contributed by atoms with Crippen LogP contribution in [0.2, 0.25) is 0 Å². The molecule has 3 amide bonds. The summed E-state index contributed by atoms with van der Waals surface area (Å²) in [4.78, 5) is 29.9. The van der Waals surface area contributed by atoms with Gasteiger partial charge in [0.15, 0.2) is 0 Å². The average Bonchev–Trinajstić information content (AvgIpc) is 3.51. The number of hydrogen-bond acceptors (Lipinski definition) is 4. The summed E-state index contributed by atoms with van der Waals surface area (Å²) in [6.45, 7) is 3.13. The van der Waals surface area contributed by atoms with Gasteiger partial charge in [0.2, 0.25) is 5.91 Å². The van der Waals surface area contributed by atoms with E-state index in [9.17, 15) is 14.0 Å². The Bertz CT molecular complexity index is 1180. The van der Waals surface area contributed by atoms with Crippen LogP contribution in [0.1, 0.15) is 29.9 Å². The van der Waals surface area contributed by atoms with Crippen LogP contribution in [0.4, 0.5) is 14.9 Å². The second-order valence-corrected chi connectivity index (χ2v) is 9.76. The van der Waals surface area contributed by atoms with Gasteiger partial charge in [-0.25, -0.2) is 9.18 Å². The molecule has 7 nitrogen and oxygen atoms in total. The highest BCUT2D eigenvalue weighted by molar-refractivity contribution is 9.10. The number of amides is 3. The van der Waals surface area contributed by atoms with Crippen LogP contribution in [0.3, 0.4) is 0 Å². The van der Waals surface area contributed by atoms with Crippen molar-refractivity contribution in [1.29, 1.82) is 0 Å². The van der Waals surface area contributed by atoms with Crippen molar-refractivity contribution >= 4 is 33.6 Å². The van der Waals surface area contributed by atoms with E-state index in [0.29, 0.717) is 24.6 Å². The van der Waals surface area contributed by atoms with Gasteiger partial charge in [0.25, 0.3) is 0 Å². The molecule has 1 fully saturated rings. The second kappa shape index (κ2) is 12.2. The molecule has 2 aromatic carbocycles. The van der Waals surface area contributed by atoms with Gasteiger partial charge in [-0.2, -0.15) is 0 Å². The van der Waals surface area contributed by atoms with Crippen LogP contribution in [0.15, 0.2) is 69.6 Å². The number of nitrogens with zero attached hydrogens (tertiary/aromatic N) is 2. The predicted molar refractivity (Wildman–Crippen MR) is 138 cm³/mol. The summed E-state index contributed by atoms with van der Waals surface area (Å²) in [5, 5.41) is 2.88. The number of anilines is 1. The van der Waals surface area contributed by atoms with E-state index in [1.54, 1.807) is 29.2 Å². The minimum atomic E-state index is -0.382. The Balaban J connectivity index is 1.52. The summed E-state index contributed by atoms with van der Waals surface area (Å²) in [6, 6.07) is 16.6. The minimum absolute atomic E-state index is 0.121. The lowest BCUT2D eigenvalue weighted by Gasteiger charge is -2.29. The lowest BCUT2D eigenvalue weighted by atomic mass is 10.2. The molecule has 1 aliphatic rings. The van der Waals surface area contributed by atoms with Gasteiger partial charge in [-0.1, -0.05) is 34.1 Å². The first-order chi connectivity index (χ1) is 17.4. The summed E-state index contributed by atoms with van der Waals surface area (Å²) in [5.74, 6) is 0.779. The molecule has 9 heteroatoms. The van der Waals surface area contributed by atoms with Gasteiger partial charge in [-0.3, -0.25) is 4.79 Å². The van der Waals surface area contributed by atoms with Crippen LogP contribution in [-0.2, 0) is 22.6 Å². The normalized spacial score (nSPS) is 15.0. The van der Waals surface area contributed by atoms with Gasteiger partial charge in [0.05, 0.1) is 12.6 Å². The van der Waals surface area contributed by atoms with Crippen molar-refractivity contribution in [3.8, 4) is 0 Å². The zero-order valence-corrected chi connectivity index (χ0v) is 21.7. The van der Waals surface area contributed by atoms with Gasteiger partial charge in [-0.15, -0.1) is 0 Å². The number of halogens is 2. The van der Waals surface area contributed by atoms with E-state index >= 15 is 0 Å². The number of urea groups is 1. The first kappa shape index (κ1) is 25.9. The van der Waals surface area contributed by atoms with Crippen molar-refractivity contribution in [3.63, 3.8) is 0 Å². The molecule has 190 valence electrons. The van der Waals surface area contributed by atoms with E-state index in [-0.39, 0.29) is 43.5 Å². The number of furan rings is 1. The highest BCUT2D eigenvalue weighted by Crippen LogP contribution is 2.19. The van der Waals surface area contributed by atoms with Crippen molar-refractivity contribution in [2.24, 2.45) is 0 Å². The molecule has 3 aromatic rings. The molecule has 1 aromatic heterocycles. The van der Waals surface area contributed by atoms with Crippen LogP contribution in [-0.4, -0.2) is 47.5 Å². The van der Waals surface area contributed by atoms with Crippen LogP contribution in [0.5, 0.6) is 0 Å². The zero-order chi connectivity index (χ0) is 25.5. The molecule has 1 unspecified atom stereocenters. The van der Waals surface area contributed by atoms with Crippen LogP contribution in [0.25, 0.3) is 0 Å². The molecule has 0 radical (unpaired) electrons. The Hall–Kier alpha value is -3.17. The lowest BCUT2D eigenvalue weighted by molar-refractivity contribution is -0.133. The number of rotatable bonds is 9. The summed E-state index contributed by atoms with van der Waals surface area (Å²) < 4.78 is 25.7. The Labute approximate surface area is 218 Å². The summed E-state index contributed by atoms with van der Waals surface area (Å²) in [6.07, 6.45) is 1.64. The fourth-order valence-electron chi connectivity index (χ4n) is 4.09. The molecule has 1 atom stereocenters. The van der Waals surface area contributed by atoms with E-state index in [2.05, 4.69) is 21.2 Å². The van der Waals surface area contributed by atoms with Crippen LogP contribution >= 0.6 is 15.9 Å². The third kappa shape index (κ3) is 7.41. The smallest absolute Gasteiger partial charge is 0.322 e. The fraction of sp³-hybridized carbons (Fsp3) is 0.333. The lowest BCUT2D eigenvalue weighted by Crippen LogP contribution is -2.46. The second-order valence-electron chi connectivity index (χ2n) is 8.84. The standard InChI is InChI=1S/C27H29BrFN3O4/c1-19-7-12-25(36-19)17-31(15-20-8-10-22(29)11-9-20)26(33)18-32(16-24-6-3-13-35-24)27(34)30-23-5-2-4-21(28)14-23/h2,4-5,7-12,14,24H,3,6,13,15-18H2,1H3,(H,30,34). The Kier molecular flexibility index (Phi) is 8.77. The molecule has 0 bridgehead atoms. The number of carbonyl (C=O) groups excluding carboxylic acids is 2. The number of aryl methyl sites for hydroxylation is 1. The maximum atomic E-state index is 13.6. The third-order valence-electron chi connectivity index (χ3n) is 5.92. The van der Waals surface area contributed by atoms with Crippen molar-refractivity contribution in [2.75, 3.05) is 25.0 Å². The van der Waals surface area contributed by atoms with Gasteiger partial charge >= 0.3 is 6.03 Å². The number of nitrogens with one attached hydrogen (secondary N) is 1. The predicted octanol–water partition coefficient (Wildman–Crippen LogP) is 5.73. The van der Waals surface area contributed by atoms with Gasteiger partial charge in [0, 0.05) is 29.9 Å². The zero-order valence-electron chi connectivity index (χ0n) is 20.1. The van der Waals surface area contributed by atoms with E-state index in [4.69, 9.17) is 9.15 Å². The molecule has 0 aliphatic carbocycles. The monoisotopic (exact) mass is 557 g/mol. The molecule has 1 saturated heterocycles. The van der Waals surface area contributed by atoms with Gasteiger partial charge in [-0.05, 0) is 67.8 Å². The molecule has 1 N–H and O–H groups in total. The number of benzene rings is 2. The molecular formula is C27H29BrFN3O4. The number of ether oxygens (including phenoxy) is 1. The maximum Gasteiger partial charge on any atom is 0.322 e. The Morgan fingerprint density at radius 1 is 1.08 bits per heavy atom. The van der Waals surface area contributed by atoms with E-state index < -0.39 is 0 Å². The van der Waals surface area contributed by atoms with Crippen molar-refractivity contribution in [1.82, 2.24) is 9.80 Å². The Morgan fingerprint density at radius 2 is 1.89 bits per heavy atom. The molecular weight excluding hydrogens is 529 g/mol. The van der Waals surface area contributed by atoms with Crippen molar-refractivity contribution in [3.05, 3.63) is 88.0 Å². The number of carbonyl (C=O) groups is 2. The topological polar surface area (TPSA) is 75.0 Å². The quantitative estimate of drug-likeness (QED) is 0.364. The van der Waals surface area contributed by atoms with Gasteiger partial charge < -0.3 is 24.3 Å². The summed E-state index contributed by atoms with van der Waals surface area (Å²) in [7, 11) is 0. The molecule has 4 rings (SSSR count). The van der Waals surface area contributed by atoms with E-state index in [0.717, 1.165) is 28.6 Å². The Morgan fingerprint density at radius 3 is 2.56 bits per heavy atom. The highest BCUT2D eigenvalue weighted by Gasteiger charge is 2.27. The first-order valence-electron chi connectivity index (χ1n) is 11.9. The van der Waals surface area contributed by atoms with Crippen LogP contribution < -0.4 is 5.32 Å². The summed E-state index contributed by atoms with van der Waals surface area (Å²) >= 11 is 3.41. The van der Waals surface area contributed by atoms with Gasteiger partial charge in [0.1, 0.15) is 23.9 Å². The molecule has 2 heterocycles. The highest BCUT2D eigenvalue weighted by atomic mass is 79.9. The third-order valence-corrected chi connectivity index (χ3v) is 6.41. The molecule has 1 aliphatic heterocycles. The minimum Gasteiger partial charge on any atom is -0.464 e. The largest absolute Gasteiger partial charge is 0.464 e. The molecule has 0 spiro atoms. The maximum absolute atomic E-state index is 13.6. The average molecular weight is 558 g/mol.